The second-order valence-electron chi connectivity index (χ2n) is 4.44. The third-order valence-electron chi connectivity index (χ3n) is 3.08. The van der Waals surface area contributed by atoms with Gasteiger partial charge in [0.25, 0.3) is 0 Å². The highest BCUT2D eigenvalue weighted by atomic mass is 16.5. The van der Waals surface area contributed by atoms with Crippen LogP contribution in [0, 0.1) is 5.41 Å². The van der Waals surface area contributed by atoms with Gasteiger partial charge in [0.05, 0.1) is 5.41 Å². The molecule has 0 spiro atoms. The first kappa shape index (κ1) is 12.5. The number of nitrogens with zero attached hydrogens (tertiary/aromatic N) is 1. The SMILES string of the molecule is CCCN(C)CC1(C(=O)O)CCOCC1. The molecule has 1 rings (SSSR count). The van der Waals surface area contributed by atoms with Crippen LogP contribution in [0.15, 0.2) is 0 Å². The molecule has 0 saturated carbocycles. The maximum absolute atomic E-state index is 11.3. The molecule has 0 unspecified atom stereocenters. The van der Waals surface area contributed by atoms with Crippen LogP contribution < -0.4 is 0 Å². The summed E-state index contributed by atoms with van der Waals surface area (Å²) >= 11 is 0. The van der Waals surface area contributed by atoms with Crippen molar-refractivity contribution >= 4 is 5.97 Å². The summed E-state index contributed by atoms with van der Waals surface area (Å²) in [4.78, 5) is 13.4. The van der Waals surface area contributed by atoms with Gasteiger partial charge in [0.2, 0.25) is 0 Å². The second-order valence-corrected chi connectivity index (χ2v) is 4.44. The first-order valence-corrected chi connectivity index (χ1v) is 5.60. The van der Waals surface area contributed by atoms with Gasteiger partial charge < -0.3 is 14.7 Å². The molecule has 0 atom stereocenters. The monoisotopic (exact) mass is 215 g/mol. The van der Waals surface area contributed by atoms with Crippen LogP contribution in [-0.2, 0) is 9.53 Å². The molecule has 4 nitrogen and oxygen atoms in total. The molecule has 88 valence electrons. The van der Waals surface area contributed by atoms with Crippen molar-refractivity contribution < 1.29 is 14.6 Å². The molecule has 15 heavy (non-hydrogen) atoms. The second kappa shape index (κ2) is 5.47. The van der Waals surface area contributed by atoms with Crippen LogP contribution in [-0.4, -0.2) is 49.3 Å². The predicted molar refractivity (Wildman–Crippen MR) is 57.9 cm³/mol. The Balaban J connectivity index is 2.60. The van der Waals surface area contributed by atoms with E-state index >= 15 is 0 Å². The molecule has 0 aliphatic carbocycles. The maximum Gasteiger partial charge on any atom is 0.311 e. The number of carboxylic acids is 1. The fourth-order valence-electron chi connectivity index (χ4n) is 2.18. The summed E-state index contributed by atoms with van der Waals surface area (Å²) in [6, 6.07) is 0. The molecule has 1 aliphatic rings. The number of hydrogen-bond donors (Lipinski definition) is 1. The topological polar surface area (TPSA) is 49.8 Å². The minimum atomic E-state index is -0.672. The highest BCUT2D eigenvalue weighted by molar-refractivity contribution is 5.75. The molecule has 0 bridgehead atoms. The van der Waals surface area contributed by atoms with Crippen LogP contribution in [0.2, 0.25) is 0 Å². The number of carboxylic acid groups (broad SMARTS) is 1. The number of aliphatic carboxylic acids is 1. The molecule has 0 amide bonds. The highest BCUT2D eigenvalue weighted by Crippen LogP contribution is 2.31. The number of ether oxygens (including phenoxy) is 1. The molecule has 1 heterocycles. The van der Waals surface area contributed by atoms with E-state index in [1.54, 1.807) is 0 Å². The molecular formula is C11H21NO3. The Morgan fingerprint density at radius 1 is 1.47 bits per heavy atom. The first-order chi connectivity index (χ1) is 7.10. The standard InChI is InChI=1S/C11H21NO3/c1-3-6-12(2)9-11(10(13)14)4-7-15-8-5-11/h3-9H2,1-2H3,(H,13,14). The smallest absolute Gasteiger partial charge is 0.311 e. The Hall–Kier alpha value is -0.610. The average Bonchev–Trinajstić information content (AvgIpc) is 2.19. The quantitative estimate of drug-likeness (QED) is 0.749. The Labute approximate surface area is 91.2 Å². The minimum Gasteiger partial charge on any atom is -0.481 e. The summed E-state index contributed by atoms with van der Waals surface area (Å²) in [7, 11) is 1.99. The minimum absolute atomic E-state index is 0.576. The summed E-state index contributed by atoms with van der Waals surface area (Å²) < 4.78 is 5.23. The van der Waals surface area contributed by atoms with Gasteiger partial charge in [-0.05, 0) is 32.9 Å². The normalized spacial score (nSPS) is 20.5. The number of hydrogen-bond acceptors (Lipinski definition) is 3. The molecule has 0 radical (unpaired) electrons. The lowest BCUT2D eigenvalue weighted by Gasteiger charge is -2.36. The van der Waals surface area contributed by atoms with Gasteiger partial charge in [-0.2, -0.15) is 0 Å². The predicted octanol–water partition coefficient (Wildman–Crippen LogP) is 1.21. The Kier molecular flexibility index (Phi) is 4.54. The molecule has 0 aromatic carbocycles. The molecule has 0 aromatic rings. The zero-order chi connectivity index (χ0) is 11.3. The van der Waals surface area contributed by atoms with Crippen LogP contribution in [0.4, 0.5) is 0 Å². The molecule has 1 N–H and O–H groups in total. The lowest BCUT2D eigenvalue weighted by atomic mass is 9.80. The van der Waals surface area contributed by atoms with Crippen LogP contribution in [0.3, 0.4) is 0 Å². The van der Waals surface area contributed by atoms with Gasteiger partial charge in [-0.15, -0.1) is 0 Å². The Morgan fingerprint density at radius 3 is 2.53 bits per heavy atom. The lowest BCUT2D eigenvalue weighted by molar-refractivity contribution is -0.156. The average molecular weight is 215 g/mol. The van der Waals surface area contributed by atoms with Crippen molar-refractivity contribution in [3.8, 4) is 0 Å². The number of rotatable bonds is 5. The molecule has 0 aromatic heterocycles. The highest BCUT2D eigenvalue weighted by Gasteiger charge is 2.40. The van der Waals surface area contributed by atoms with Crippen LogP contribution in [0.1, 0.15) is 26.2 Å². The molecule has 4 heteroatoms. The molecule has 1 fully saturated rings. The zero-order valence-electron chi connectivity index (χ0n) is 9.66. The van der Waals surface area contributed by atoms with E-state index in [2.05, 4.69) is 11.8 Å². The van der Waals surface area contributed by atoms with Crippen LogP contribution in [0.25, 0.3) is 0 Å². The lowest BCUT2D eigenvalue weighted by Crippen LogP contribution is -2.45. The van der Waals surface area contributed by atoms with E-state index in [9.17, 15) is 9.90 Å². The van der Waals surface area contributed by atoms with Crippen molar-refractivity contribution in [2.75, 3.05) is 33.4 Å². The van der Waals surface area contributed by atoms with Crippen molar-refractivity contribution in [3.63, 3.8) is 0 Å². The summed E-state index contributed by atoms with van der Waals surface area (Å²) in [5.41, 5.74) is -0.581. The number of carbonyl (C=O) groups is 1. The van der Waals surface area contributed by atoms with Crippen molar-refractivity contribution in [1.82, 2.24) is 4.90 Å². The summed E-state index contributed by atoms with van der Waals surface area (Å²) in [5.74, 6) is -0.672. The third-order valence-corrected chi connectivity index (χ3v) is 3.08. The van der Waals surface area contributed by atoms with Gasteiger partial charge in [-0.3, -0.25) is 4.79 Å². The van der Waals surface area contributed by atoms with Crippen molar-refractivity contribution in [1.29, 1.82) is 0 Å². The Morgan fingerprint density at radius 2 is 2.07 bits per heavy atom. The van der Waals surface area contributed by atoms with Gasteiger partial charge in [-0.1, -0.05) is 6.92 Å². The van der Waals surface area contributed by atoms with E-state index in [4.69, 9.17) is 4.74 Å². The maximum atomic E-state index is 11.3. The largest absolute Gasteiger partial charge is 0.481 e. The first-order valence-electron chi connectivity index (χ1n) is 5.60. The van der Waals surface area contributed by atoms with E-state index in [0.29, 0.717) is 32.6 Å². The van der Waals surface area contributed by atoms with Gasteiger partial charge in [0.15, 0.2) is 0 Å². The fourth-order valence-corrected chi connectivity index (χ4v) is 2.18. The van der Waals surface area contributed by atoms with E-state index < -0.39 is 11.4 Å². The summed E-state index contributed by atoms with van der Waals surface area (Å²) in [5, 5.41) is 9.32. The van der Waals surface area contributed by atoms with E-state index in [0.717, 1.165) is 13.0 Å². The summed E-state index contributed by atoms with van der Waals surface area (Å²) in [6.07, 6.45) is 2.33. The van der Waals surface area contributed by atoms with Crippen molar-refractivity contribution in [2.45, 2.75) is 26.2 Å². The van der Waals surface area contributed by atoms with E-state index in [1.807, 2.05) is 7.05 Å². The fraction of sp³-hybridized carbons (Fsp3) is 0.909. The molecule has 1 aliphatic heterocycles. The van der Waals surface area contributed by atoms with Gasteiger partial charge in [-0.25, -0.2) is 0 Å². The van der Waals surface area contributed by atoms with E-state index in [-0.39, 0.29) is 0 Å². The van der Waals surface area contributed by atoms with Crippen molar-refractivity contribution in [3.05, 3.63) is 0 Å². The van der Waals surface area contributed by atoms with Gasteiger partial charge >= 0.3 is 5.97 Å². The van der Waals surface area contributed by atoms with Crippen LogP contribution >= 0.6 is 0 Å². The van der Waals surface area contributed by atoms with Crippen LogP contribution in [0.5, 0.6) is 0 Å². The van der Waals surface area contributed by atoms with Gasteiger partial charge in [0, 0.05) is 19.8 Å². The Bertz CT molecular complexity index is 212. The molecular weight excluding hydrogens is 194 g/mol. The third kappa shape index (κ3) is 3.18. The van der Waals surface area contributed by atoms with E-state index in [1.165, 1.54) is 0 Å². The van der Waals surface area contributed by atoms with Gasteiger partial charge in [0.1, 0.15) is 0 Å². The zero-order valence-corrected chi connectivity index (χ0v) is 9.66. The van der Waals surface area contributed by atoms with Crippen molar-refractivity contribution in [2.24, 2.45) is 5.41 Å². The molecule has 1 saturated heterocycles. The summed E-state index contributed by atoms with van der Waals surface area (Å²) in [6.45, 7) is 4.85.